The highest BCUT2D eigenvalue weighted by molar-refractivity contribution is 7.99. The third kappa shape index (κ3) is 3.38. The van der Waals surface area contributed by atoms with Crippen LogP contribution in [0.2, 0.25) is 0 Å². The molecule has 29 heavy (non-hydrogen) atoms. The summed E-state index contributed by atoms with van der Waals surface area (Å²) in [6.45, 7) is 0. The lowest BCUT2D eigenvalue weighted by atomic mass is 10.1. The van der Waals surface area contributed by atoms with Crippen LogP contribution in [0.5, 0.6) is 23.0 Å². The second-order valence-electron chi connectivity index (χ2n) is 6.06. The fourth-order valence-corrected chi connectivity index (χ4v) is 3.95. The van der Waals surface area contributed by atoms with Crippen LogP contribution in [0.3, 0.4) is 0 Å². The third-order valence-electron chi connectivity index (χ3n) is 4.54. The Bertz CT molecular complexity index is 1060. The minimum absolute atomic E-state index is 0.582. The summed E-state index contributed by atoms with van der Waals surface area (Å²) >= 11 is 1.55. The fourth-order valence-electron chi connectivity index (χ4n) is 3.14. The second-order valence-corrected chi connectivity index (χ2v) is 7.00. The monoisotopic (exact) mass is 412 g/mol. The molecule has 150 valence electrons. The first-order valence-electron chi connectivity index (χ1n) is 8.80. The summed E-state index contributed by atoms with van der Waals surface area (Å²) in [5.74, 6) is 3.92. The van der Waals surface area contributed by atoms with E-state index >= 15 is 0 Å². The molecule has 2 aromatic carbocycles. The quantitative estimate of drug-likeness (QED) is 0.614. The molecule has 0 aliphatic carbocycles. The van der Waals surface area contributed by atoms with Crippen molar-refractivity contribution < 1.29 is 18.9 Å². The van der Waals surface area contributed by atoms with Gasteiger partial charge in [-0.25, -0.2) is 0 Å². The molecule has 9 heteroatoms. The van der Waals surface area contributed by atoms with E-state index in [4.69, 9.17) is 24.0 Å². The molecule has 0 saturated heterocycles. The van der Waals surface area contributed by atoms with Gasteiger partial charge in [-0.2, -0.15) is 9.78 Å². The zero-order valence-electron chi connectivity index (χ0n) is 16.5. The number of thioether (sulfide) groups is 1. The summed E-state index contributed by atoms with van der Waals surface area (Å²) in [6.07, 6.45) is 0. The smallest absolute Gasteiger partial charge is 0.212 e. The average Bonchev–Trinajstić information content (AvgIpc) is 3.20. The van der Waals surface area contributed by atoms with Crippen molar-refractivity contribution in [2.45, 2.75) is 5.16 Å². The van der Waals surface area contributed by atoms with Gasteiger partial charge < -0.3 is 18.9 Å². The van der Waals surface area contributed by atoms with Crippen molar-refractivity contribution in [1.29, 1.82) is 0 Å². The number of ether oxygens (including phenoxy) is 4. The Labute approximate surface area is 172 Å². The minimum Gasteiger partial charge on any atom is -0.497 e. The van der Waals surface area contributed by atoms with Crippen LogP contribution in [-0.4, -0.2) is 54.8 Å². The van der Waals surface area contributed by atoms with Crippen LogP contribution >= 0.6 is 11.8 Å². The Morgan fingerprint density at radius 2 is 1.59 bits per heavy atom. The van der Waals surface area contributed by atoms with Crippen LogP contribution in [0.15, 0.2) is 46.7 Å². The first kappa shape index (κ1) is 19.1. The summed E-state index contributed by atoms with van der Waals surface area (Å²) in [5.41, 5.74) is 2.40. The number of hydrogen-bond donors (Lipinski definition) is 0. The fraction of sp³-hybridized carbons (Fsp3) is 0.250. The van der Waals surface area contributed by atoms with Crippen LogP contribution in [0.25, 0.3) is 11.4 Å². The van der Waals surface area contributed by atoms with E-state index in [2.05, 4.69) is 10.2 Å². The molecule has 0 unspecified atom stereocenters. The van der Waals surface area contributed by atoms with E-state index in [9.17, 15) is 0 Å². The lowest BCUT2D eigenvalue weighted by Crippen LogP contribution is -2.16. The van der Waals surface area contributed by atoms with Crippen LogP contribution in [0, 0.1) is 0 Å². The predicted octanol–water partition coefficient (Wildman–Crippen LogP) is 3.34. The molecule has 0 spiro atoms. The molecule has 8 nitrogen and oxygen atoms in total. The van der Waals surface area contributed by atoms with Gasteiger partial charge in [-0.15, -0.1) is 10.2 Å². The van der Waals surface area contributed by atoms with Crippen LogP contribution in [-0.2, 0) is 0 Å². The summed E-state index contributed by atoms with van der Waals surface area (Å²) in [5, 5.41) is 14.2. The highest BCUT2D eigenvalue weighted by Gasteiger charge is 2.26. The number of methoxy groups -OCH3 is 4. The van der Waals surface area contributed by atoms with Gasteiger partial charge in [0.1, 0.15) is 23.0 Å². The van der Waals surface area contributed by atoms with Crippen LogP contribution in [0.4, 0.5) is 0 Å². The van der Waals surface area contributed by atoms with Gasteiger partial charge in [0.05, 0.1) is 45.3 Å². The number of hydrogen-bond acceptors (Lipinski definition) is 8. The Hall–Kier alpha value is -3.20. The van der Waals surface area contributed by atoms with Gasteiger partial charge in [0, 0.05) is 11.8 Å². The summed E-state index contributed by atoms with van der Waals surface area (Å²) in [7, 11) is 6.48. The van der Waals surface area contributed by atoms with Crippen molar-refractivity contribution >= 4 is 17.5 Å². The first-order valence-corrected chi connectivity index (χ1v) is 9.78. The zero-order chi connectivity index (χ0) is 20.4. The van der Waals surface area contributed by atoms with E-state index in [1.165, 1.54) is 0 Å². The maximum atomic E-state index is 5.54. The van der Waals surface area contributed by atoms with Crippen molar-refractivity contribution in [2.75, 3.05) is 34.2 Å². The average molecular weight is 412 g/mol. The van der Waals surface area contributed by atoms with Crippen molar-refractivity contribution in [3.63, 3.8) is 0 Å². The molecular formula is C20H20N4O4S. The van der Waals surface area contributed by atoms with Crippen LogP contribution < -0.4 is 18.9 Å². The molecule has 0 amide bonds. The van der Waals surface area contributed by atoms with Gasteiger partial charge in [0.2, 0.25) is 5.16 Å². The molecular weight excluding hydrogens is 392 g/mol. The van der Waals surface area contributed by atoms with Crippen molar-refractivity contribution in [3.05, 3.63) is 42.0 Å². The Kier molecular flexibility index (Phi) is 5.30. The van der Waals surface area contributed by atoms with E-state index in [0.29, 0.717) is 39.7 Å². The minimum atomic E-state index is 0.582. The SMILES string of the molecule is COc1ccc(-c2nnc3n2N=C(c2c(OC)cccc2OC)CS3)c(OC)c1. The standard InChI is InChI=1S/C20H20N4O4S/c1-25-12-8-9-13(17(10-12)28-4)19-21-22-20-24(19)23-14(11-29-20)18-15(26-2)6-5-7-16(18)27-3/h5-10H,11H2,1-4H3. The molecule has 1 aliphatic rings. The summed E-state index contributed by atoms with van der Waals surface area (Å²) < 4.78 is 23.6. The van der Waals surface area contributed by atoms with Crippen molar-refractivity contribution in [1.82, 2.24) is 14.9 Å². The molecule has 0 N–H and O–H groups in total. The molecule has 1 aliphatic heterocycles. The van der Waals surface area contributed by atoms with Gasteiger partial charge in [-0.1, -0.05) is 17.8 Å². The Morgan fingerprint density at radius 1 is 0.862 bits per heavy atom. The van der Waals surface area contributed by atoms with Crippen molar-refractivity contribution in [2.24, 2.45) is 5.10 Å². The van der Waals surface area contributed by atoms with E-state index in [0.717, 1.165) is 16.8 Å². The zero-order valence-corrected chi connectivity index (χ0v) is 17.3. The molecule has 0 atom stereocenters. The lowest BCUT2D eigenvalue weighted by molar-refractivity contribution is 0.392. The number of nitrogens with zero attached hydrogens (tertiary/aromatic N) is 4. The van der Waals surface area contributed by atoms with Gasteiger partial charge in [-0.3, -0.25) is 0 Å². The highest BCUT2D eigenvalue weighted by Crippen LogP contribution is 2.37. The molecule has 0 bridgehead atoms. The van der Waals surface area contributed by atoms with Gasteiger partial charge in [-0.05, 0) is 24.3 Å². The molecule has 0 saturated carbocycles. The molecule has 2 heterocycles. The molecule has 0 fully saturated rings. The number of fused-ring (bicyclic) bond motifs is 1. The molecule has 0 radical (unpaired) electrons. The topological polar surface area (TPSA) is 80.0 Å². The summed E-state index contributed by atoms with van der Waals surface area (Å²) in [6, 6.07) is 11.2. The Morgan fingerprint density at radius 3 is 2.24 bits per heavy atom. The highest BCUT2D eigenvalue weighted by atomic mass is 32.2. The maximum absolute atomic E-state index is 5.54. The summed E-state index contributed by atoms with van der Waals surface area (Å²) in [4.78, 5) is 0. The van der Waals surface area contributed by atoms with Crippen LogP contribution in [0.1, 0.15) is 5.56 Å². The predicted molar refractivity (Wildman–Crippen MR) is 111 cm³/mol. The third-order valence-corrected chi connectivity index (χ3v) is 5.47. The van der Waals surface area contributed by atoms with Gasteiger partial charge >= 0.3 is 0 Å². The van der Waals surface area contributed by atoms with E-state index in [1.54, 1.807) is 50.9 Å². The van der Waals surface area contributed by atoms with E-state index < -0.39 is 0 Å². The van der Waals surface area contributed by atoms with E-state index in [-0.39, 0.29) is 0 Å². The second kappa shape index (κ2) is 8.04. The van der Waals surface area contributed by atoms with E-state index in [1.807, 2.05) is 30.3 Å². The Balaban J connectivity index is 1.85. The first-order chi connectivity index (χ1) is 14.2. The number of benzene rings is 2. The molecule has 3 aromatic rings. The number of aromatic nitrogens is 3. The largest absolute Gasteiger partial charge is 0.497 e. The molecule has 4 rings (SSSR count). The van der Waals surface area contributed by atoms with Gasteiger partial charge in [0.25, 0.3) is 0 Å². The normalized spacial score (nSPS) is 12.8. The number of rotatable bonds is 6. The molecule has 1 aromatic heterocycles. The van der Waals surface area contributed by atoms with Crippen molar-refractivity contribution in [3.8, 4) is 34.4 Å². The van der Waals surface area contributed by atoms with Gasteiger partial charge in [0.15, 0.2) is 5.82 Å². The lowest BCUT2D eigenvalue weighted by Gasteiger charge is -2.18. The maximum Gasteiger partial charge on any atom is 0.212 e.